The molecule has 4 aliphatic rings. The Kier molecular flexibility index (Phi) is 5.48. The summed E-state index contributed by atoms with van der Waals surface area (Å²) < 4.78 is 32.7. The number of alkyl halides is 2. The van der Waals surface area contributed by atoms with E-state index in [0.29, 0.717) is 12.6 Å². The van der Waals surface area contributed by atoms with Crippen molar-refractivity contribution in [3.63, 3.8) is 0 Å². The normalized spacial score (nSPS) is 35.8. The van der Waals surface area contributed by atoms with Gasteiger partial charge in [0.1, 0.15) is 6.04 Å². The van der Waals surface area contributed by atoms with Crippen molar-refractivity contribution < 1.29 is 28.2 Å². The maximum Gasteiger partial charge on any atom is 0.409 e. The molecule has 0 aromatic carbocycles. The van der Waals surface area contributed by atoms with Crippen molar-refractivity contribution >= 4 is 12.1 Å². The van der Waals surface area contributed by atoms with E-state index >= 15 is 0 Å². The third-order valence-corrected chi connectivity index (χ3v) is 7.38. The van der Waals surface area contributed by atoms with Crippen molar-refractivity contribution in [3.05, 3.63) is 0 Å². The Bertz CT molecular complexity index is 648. The number of amides is 1. The van der Waals surface area contributed by atoms with Gasteiger partial charge in [-0.05, 0) is 57.5 Å². The fraction of sp³-hybridized carbons (Fsp3) is 0.900. The Hall–Kier alpha value is -1.48. The second kappa shape index (κ2) is 7.65. The number of rotatable bonds is 4. The Balaban J connectivity index is 1.25. The molecular weight excluding hydrogens is 384 g/mol. The van der Waals surface area contributed by atoms with Crippen molar-refractivity contribution in [2.75, 3.05) is 39.3 Å². The average Bonchev–Trinajstić information content (AvgIpc) is 3.22. The molecule has 3 aliphatic heterocycles. The number of ether oxygens (including phenoxy) is 1. The quantitative estimate of drug-likeness (QED) is 0.759. The van der Waals surface area contributed by atoms with Crippen LogP contribution < -0.4 is 0 Å². The van der Waals surface area contributed by atoms with Crippen LogP contribution in [0, 0.1) is 5.41 Å². The Morgan fingerprint density at radius 3 is 2.38 bits per heavy atom. The van der Waals surface area contributed by atoms with Gasteiger partial charge in [-0.15, -0.1) is 0 Å². The van der Waals surface area contributed by atoms with Gasteiger partial charge in [-0.25, -0.2) is 13.6 Å². The minimum absolute atomic E-state index is 0.0828. The number of hydrogen-bond acceptors (Lipinski definition) is 5. The van der Waals surface area contributed by atoms with Gasteiger partial charge in [0, 0.05) is 31.6 Å². The first kappa shape index (κ1) is 20.8. The molecule has 0 unspecified atom stereocenters. The summed E-state index contributed by atoms with van der Waals surface area (Å²) in [5.41, 5.74) is 0.208. The van der Waals surface area contributed by atoms with Crippen LogP contribution >= 0.6 is 0 Å². The maximum absolute atomic E-state index is 13.8. The van der Waals surface area contributed by atoms with Crippen LogP contribution in [-0.2, 0) is 9.53 Å². The highest BCUT2D eigenvalue weighted by Crippen LogP contribution is 2.50. The summed E-state index contributed by atoms with van der Waals surface area (Å²) in [6.45, 7) is 4.93. The largest absolute Gasteiger partial charge is 0.480 e. The monoisotopic (exact) mass is 415 g/mol. The molecule has 1 N–H and O–H groups in total. The molecule has 3 saturated heterocycles. The Labute approximate surface area is 169 Å². The molecule has 1 spiro atoms. The molecule has 9 heteroatoms. The number of carbonyl (C=O) groups is 2. The summed E-state index contributed by atoms with van der Waals surface area (Å²) >= 11 is 0. The van der Waals surface area contributed by atoms with Crippen LogP contribution in [0.3, 0.4) is 0 Å². The fourth-order valence-electron chi connectivity index (χ4n) is 5.87. The number of hydrogen-bond donors (Lipinski definition) is 1. The van der Waals surface area contributed by atoms with Gasteiger partial charge in [0.25, 0.3) is 5.92 Å². The van der Waals surface area contributed by atoms with E-state index in [2.05, 4.69) is 4.90 Å². The summed E-state index contributed by atoms with van der Waals surface area (Å²) in [5, 5.41) is 9.32. The molecule has 7 nitrogen and oxygen atoms in total. The summed E-state index contributed by atoms with van der Waals surface area (Å²) in [7, 11) is 0. The molecule has 0 radical (unpaired) electrons. The predicted molar refractivity (Wildman–Crippen MR) is 101 cm³/mol. The Morgan fingerprint density at radius 1 is 1.07 bits per heavy atom. The SMILES string of the molecule is CCOC(=O)N1CCC2(CC(N3CCC(N4CC(F)(F)C[C@@H]4C(=O)O)CC3)C2)C1. The second-order valence-electron chi connectivity index (χ2n) is 9.29. The zero-order valence-electron chi connectivity index (χ0n) is 17.0. The highest BCUT2D eigenvalue weighted by Gasteiger charge is 2.53. The summed E-state index contributed by atoms with van der Waals surface area (Å²) in [4.78, 5) is 29.1. The lowest BCUT2D eigenvalue weighted by Gasteiger charge is -2.52. The zero-order chi connectivity index (χ0) is 20.8. The van der Waals surface area contributed by atoms with Crippen molar-refractivity contribution in [2.45, 2.75) is 69.5 Å². The van der Waals surface area contributed by atoms with E-state index in [4.69, 9.17) is 4.74 Å². The molecular formula is C20H31F2N3O4. The van der Waals surface area contributed by atoms with Gasteiger partial charge in [0.2, 0.25) is 0 Å². The van der Waals surface area contributed by atoms with E-state index in [1.807, 2.05) is 11.8 Å². The van der Waals surface area contributed by atoms with Gasteiger partial charge in [-0.2, -0.15) is 0 Å². The van der Waals surface area contributed by atoms with Crippen LogP contribution in [0.4, 0.5) is 13.6 Å². The fourth-order valence-corrected chi connectivity index (χ4v) is 5.87. The Morgan fingerprint density at radius 2 is 1.76 bits per heavy atom. The smallest absolute Gasteiger partial charge is 0.409 e. The second-order valence-corrected chi connectivity index (χ2v) is 9.29. The maximum atomic E-state index is 13.8. The van der Waals surface area contributed by atoms with Crippen molar-refractivity contribution in [3.8, 4) is 0 Å². The number of carboxylic acids is 1. The molecule has 0 aromatic heterocycles. The van der Waals surface area contributed by atoms with Crippen LogP contribution in [0.15, 0.2) is 0 Å². The summed E-state index contributed by atoms with van der Waals surface area (Å²) in [6.07, 6.45) is 3.81. The van der Waals surface area contributed by atoms with Gasteiger partial charge in [0.15, 0.2) is 0 Å². The van der Waals surface area contributed by atoms with Gasteiger partial charge in [-0.3, -0.25) is 9.69 Å². The third kappa shape index (κ3) is 4.08. The van der Waals surface area contributed by atoms with Gasteiger partial charge >= 0.3 is 12.1 Å². The lowest BCUT2D eigenvalue weighted by molar-refractivity contribution is -0.143. The minimum Gasteiger partial charge on any atom is -0.480 e. The average molecular weight is 415 g/mol. The summed E-state index contributed by atoms with van der Waals surface area (Å²) in [5.74, 6) is -4.05. The lowest BCUT2D eigenvalue weighted by Crippen LogP contribution is -2.56. The molecule has 164 valence electrons. The standard InChI is InChI=1S/C20H31F2N3O4/c1-2-29-18(28)24-8-5-19(12-24)9-15(10-19)23-6-3-14(4-7-23)25-13-20(21,22)11-16(25)17(26)27/h14-16H,2-13H2,1H3,(H,26,27)/t15?,16-,19?/m1/s1. The topological polar surface area (TPSA) is 73.3 Å². The van der Waals surface area contributed by atoms with Gasteiger partial charge < -0.3 is 19.6 Å². The van der Waals surface area contributed by atoms with Crippen LogP contribution in [0.25, 0.3) is 0 Å². The number of carboxylic acid groups (broad SMARTS) is 1. The van der Waals surface area contributed by atoms with Crippen molar-refractivity contribution in [2.24, 2.45) is 5.41 Å². The van der Waals surface area contributed by atoms with Gasteiger partial charge in [0.05, 0.1) is 13.2 Å². The number of halogens is 2. The zero-order valence-corrected chi connectivity index (χ0v) is 17.0. The highest BCUT2D eigenvalue weighted by molar-refractivity contribution is 5.74. The third-order valence-electron chi connectivity index (χ3n) is 7.38. The van der Waals surface area contributed by atoms with Crippen molar-refractivity contribution in [1.82, 2.24) is 14.7 Å². The molecule has 1 atom stereocenters. The first-order valence-corrected chi connectivity index (χ1v) is 10.7. The first-order valence-electron chi connectivity index (χ1n) is 10.7. The predicted octanol–water partition coefficient (Wildman–Crippen LogP) is 2.26. The van der Waals surface area contributed by atoms with Crippen LogP contribution in [0.2, 0.25) is 0 Å². The lowest BCUT2D eigenvalue weighted by atomic mass is 9.64. The molecule has 1 saturated carbocycles. The van der Waals surface area contributed by atoms with E-state index in [1.165, 1.54) is 4.90 Å². The number of piperidine rings is 1. The van der Waals surface area contributed by atoms with Crippen LogP contribution in [0.1, 0.15) is 45.4 Å². The number of nitrogens with zero attached hydrogens (tertiary/aromatic N) is 3. The molecule has 29 heavy (non-hydrogen) atoms. The van der Waals surface area contributed by atoms with Crippen LogP contribution in [-0.4, -0.2) is 95.2 Å². The van der Waals surface area contributed by atoms with E-state index in [0.717, 1.165) is 58.3 Å². The van der Waals surface area contributed by atoms with Gasteiger partial charge in [-0.1, -0.05) is 0 Å². The molecule has 1 aliphatic carbocycles. The van der Waals surface area contributed by atoms with E-state index in [9.17, 15) is 23.5 Å². The number of carbonyl (C=O) groups excluding carboxylic acids is 1. The molecule has 3 heterocycles. The molecule has 0 aromatic rings. The molecule has 1 amide bonds. The van der Waals surface area contributed by atoms with E-state index in [1.54, 1.807) is 0 Å². The van der Waals surface area contributed by atoms with E-state index in [-0.39, 0.29) is 17.6 Å². The number of aliphatic carboxylic acids is 1. The number of likely N-dealkylation sites (tertiary alicyclic amines) is 3. The van der Waals surface area contributed by atoms with Crippen molar-refractivity contribution in [1.29, 1.82) is 0 Å². The summed E-state index contributed by atoms with van der Waals surface area (Å²) in [6, 6.07) is -0.671. The first-order chi connectivity index (χ1) is 13.7. The molecule has 0 bridgehead atoms. The highest BCUT2D eigenvalue weighted by atomic mass is 19.3. The molecule has 4 fully saturated rings. The molecule has 4 rings (SSSR count). The minimum atomic E-state index is -2.91. The van der Waals surface area contributed by atoms with E-state index < -0.39 is 30.9 Å². The van der Waals surface area contributed by atoms with Crippen LogP contribution in [0.5, 0.6) is 0 Å².